The highest BCUT2D eigenvalue weighted by atomic mass is 35.5. The van der Waals surface area contributed by atoms with Gasteiger partial charge in [-0.05, 0) is 36.6 Å². The van der Waals surface area contributed by atoms with Crippen molar-refractivity contribution in [3.63, 3.8) is 0 Å². The number of benzene rings is 1. The van der Waals surface area contributed by atoms with Crippen LogP contribution in [0.1, 0.15) is 24.0 Å². The van der Waals surface area contributed by atoms with Crippen LogP contribution in [0.15, 0.2) is 42.7 Å². The number of pyridine rings is 1. The van der Waals surface area contributed by atoms with Crippen molar-refractivity contribution in [1.82, 2.24) is 10.3 Å². The molecular weight excluding hydrogens is 284 g/mol. The molecule has 0 aliphatic heterocycles. The molecule has 0 radical (unpaired) electrons. The Hall–Kier alpha value is -1.58. The Morgan fingerprint density at radius 2 is 2.14 bits per heavy atom. The molecule has 110 valence electrons. The van der Waals surface area contributed by atoms with Crippen LogP contribution in [0.3, 0.4) is 0 Å². The lowest BCUT2D eigenvalue weighted by Crippen LogP contribution is -2.16. The molecule has 1 aliphatic carbocycles. The van der Waals surface area contributed by atoms with Gasteiger partial charge in [-0.2, -0.15) is 0 Å². The van der Waals surface area contributed by atoms with Gasteiger partial charge in [0.15, 0.2) is 0 Å². The summed E-state index contributed by atoms with van der Waals surface area (Å²) >= 11 is 6.30. The zero-order chi connectivity index (χ0) is 14.5. The SMILES string of the molecule is Clc1cccc(OCCc2cccnc2)c1CNC1CC1. The van der Waals surface area contributed by atoms with Crippen LogP contribution < -0.4 is 10.1 Å². The van der Waals surface area contributed by atoms with E-state index >= 15 is 0 Å². The molecule has 0 saturated heterocycles. The molecule has 1 aliphatic rings. The largest absolute Gasteiger partial charge is 0.493 e. The highest BCUT2D eigenvalue weighted by Crippen LogP contribution is 2.28. The molecule has 0 spiro atoms. The average Bonchev–Trinajstić information content (AvgIpc) is 3.32. The normalized spacial score (nSPS) is 14.1. The molecule has 0 bridgehead atoms. The highest BCUT2D eigenvalue weighted by Gasteiger charge is 2.21. The van der Waals surface area contributed by atoms with Crippen molar-refractivity contribution in [3.05, 3.63) is 58.9 Å². The zero-order valence-electron chi connectivity index (χ0n) is 11.9. The Bertz CT molecular complexity index is 585. The van der Waals surface area contributed by atoms with Crippen LogP contribution in [0.4, 0.5) is 0 Å². The van der Waals surface area contributed by atoms with Gasteiger partial charge in [0.05, 0.1) is 6.61 Å². The maximum absolute atomic E-state index is 6.30. The topological polar surface area (TPSA) is 34.1 Å². The zero-order valence-corrected chi connectivity index (χ0v) is 12.6. The van der Waals surface area contributed by atoms with Crippen molar-refractivity contribution < 1.29 is 4.74 Å². The number of aromatic nitrogens is 1. The summed E-state index contributed by atoms with van der Waals surface area (Å²) in [6.45, 7) is 1.40. The summed E-state index contributed by atoms with van der Waals surface area (Å²) in [7, 11) is 0. The predicted molar refractivity (Wildman–Crippen MR) is 84.7 cm³/mol. The van der Waals surface area contributed by atoms with Crippen LogP contribution in [0.2, 0.25) is 5.02 Å². The summed E-state index contributed by atoms with van der Waals surface area (Å²) in [4.78, 5) is 4.11. The third-order valence-electron chi connectivity index (χ3n) is 3.59. The molecule has 4 heteroatoms. The lowest BCUT2D eigenvalue weighted by molar-refractivity contribution is 0.317. The van der Waals surface area contributed by atoms with E-state index in [2.05, 4.69) is 16.4 Å². The minimum absolute atomic E-state index is 0.627. The predicted octanol–water partition coefficient (Wildman–Crippen LogP) is 3.61. The van der Waals surface area contributed by atoms with Gasteiger partial charge in [0.1, 0.15) is 5.75 Å². The fourth-order valence-electron chi connectivity index (χ4n) is 2.20. The summed E-state index contributed by atoms with van der Waals surface area (Å²) in [6, 6.07) is 10.5. The van der Waals surface area contributed by atoms with Crippen LogP contribution in [-0.4, -0.2) is 17.6 Å². The molecule has 21 heavy (non-hydrogen) atoms. The van der Waals surface area contributed by atoms with Crippen LogP contribution in [0.25, 0.3) is 0 Å². The first-order valence-electron chi connectivity index (χ1n) is 7.35. The van der Waals surface area contributed by atoms with Crippen molar-refractivity contribution in [2.45, 2.75) is 31.8 Å². The van der Waals surface area contributed by atoms with E-state index in [1.54, 1.807) is 6.20 Å². The Labute approximate surface area is 130 Å². The Morgan fingerprint density at radius 1 is 1.24 bits per heavy atom. The highest BCUT2D eigenvalue weighted by molar-refractivity contribution is 6.31. The molecular formula is C17H19ClN2O. The van der Waals surface area contributed by atoms with Gasteiger partial charge in [0.2, 0.25) is 0 Å². The lowest BCUT2D eigenvalue weighted by atomic mass is 10.2. The van der Waals surface area contributed by atoms with Gasteiger partial charge in [-0.15, -0.1) is 0 Å². The fraction of sp³-hybridized carbons (Fsp3) is 0.353. The molecule has 1 N–H and O–H groups in total. The third kappa shape index (κ3) is 4.19. The first-order valence-corrected chi connectivity index (χ1v) is 7.73. The molecule has 0 unspecified atom stereocenters. The van der Waals surface area contributed by atoms with Crippen molar-refractivity contribution in [2.75, 3.05) is 6.61 Å². The number of rotatable bonds is 7. The molecule has 1 aromatic heterocycles. The number of ether oxygens (including phenoxy) is 1. The van der Waals surface area contributed by atoms with Gasteiger partial charge in [0.25, 0.3) is 0 Å². The van der Waals surface area contributed by atoms with E-state index in [9.17, 15) is 0 Å². The molecule has 0 amide bonds. The number of hydrogen-bond acceptors (Lipinski definition) is 3. The Balaban J connectivity index is 1.59. The Kier molecular flexibility index (Phi) is 4.73. The molecule has 1 heterocycles. The van der Waals surface area contributed by atoms with Crippen molar-refractivity contribution in [2.24, 2.45) is 0 Å². The summed E-state index contributed by atoms with van der Waals surface area (Å²) in [5.74, 6) is 0.875. The summed E-state index contributed by atoms with van der Waals surface area (Å²) < 4.78 is 5.92. The first-order chi connectivity index (χ1) is 10.3. The first kappa shape index (κ1) is 14.4. The number of hydrogen-bond donors (Lipinski definition) is 1. The van der Waals surface area contributed by atoms with Gasteiger partial charge in [0, 0.05) is 42.0 Å². The van der Waals surface area contributed by atoms with Crippen molar-refractivity contribution in [1.29, 1.82) is 0 Å². The lowest BCUT2D eigenvalue weighted by Gasteiger charge is -2.13. The van der Waals surface area contributed by atoms with E-state index in [-0.39, 0.29) is 0 Å². The van der Waals surface area contributed by atoms with E-state index < -0.39 is 0 Å². The minimum Gasteiger partial charge on any atom is -0.493 e. The van der Waals surface area contributed by atoms with Crippen molar-refractivity contribution >= 4 is 11.6 Å². The van der Waals surface area contributed by atoms with Crippen LogP contribution in [-0.2, 0) is 13.0 Å². The quantitative estimate of drug-likeness (QED) is 0.848. The maximum atomic E-state index is 6.30. The minimum atomic E-state index is 0.627. The number of halogens is 1. The monoisotopic (exact) mass is 302 g/mol. The molecule has 1 saturated carbocycles. The van der Waals surface area contributed by atoms with E-state index in [0.717, 1.165) is 29.3 Å². The smallest absolute Gasteiger partial charge is 0.125 e. The second-order valence-corrected chi connectivity index (χ2v) is 5.74. The van der Waals surface area contributed by atoms with Crippen LogP contribution in [0.5, 0.6) is 5.75 Å². The second kappa shape index (κ2) is 6.92. The third-order valence-corrected chi connectivity index (χ3v) is 3.95. The van der Waals surface area contributed by atoms with Crippen LogP contribution in [0, 0.1) is 0 Å². The van der Waals surface area contributed by atoms with E-state index in [4.69, 9.17) is 16.3 Å². The van der Waals surface area contributed by atoms with Gasteiger partial charge in [-0.1, -0.05) is 23.7 Å². The molecule has 0 atom stereocenters. The molecule has 1 aromatic carbocycles. The number of nitrogens with one attached hydrogen (secondary N) is 1. The maximum Gasteiger partial charge on any atom is 0.125 e. The molecule has 3 rings (SSSR count). The standard InChI is InChI=1S/C17H19ClN2O/c18-16-4-1-5-17(15(16)12-20-14-6-7-14)21-10-8-13-3-2-9-19-11-13/h1-5,9,11,14,20H,6-8,10,12H2. The Morgan fingerprint density at radius 3 is 2.90 bits per heavy atom. The van der Waals surface area contributed by atoms with E-state index in [1.165, 1.54) is 18.4 Å². The van der Waals surface area contributed by atoms with Gasteiger partial charge in [-0.25, -0.2) is 0 Å². The molecule has 3 nitrogen and oxygen atoms in total. The number of nitrogens with zero attached hydrogens (tertiary/aromatic N) is 1. The fourth-order valence-corrected chi connectivity index (χ4v) is 2.44. The van der Waals surface area contributed by atoms with Gasteiger partial charge < -0.3 is 10.1 Å². The summed E-state index contributed by atoms with van der Waals surface area (Å²) in [5, 5.41) is 4.25. The molecule has 2 aromatic rings. The summed E-state index contributed by atoms with van der Waals surface area (Å²) in [5.41, 5.74) is 2.23. The van der Waals surface area contributed by atoms with E-state index in [0.29, 0.717) is 12.6 Å². The second-order valence-electron chi connectivity index (χ2n) is 5.33. The average molecular weight is 303 g/mol. The van der Waals surface area contributed by atoms with Gasteiger partial charge in [-0.3, -0.25) is 4.98 Å². The molecule has 1 fully saturated rings. The van der Waals surface area contributed by atoms with Gasteiger partial charge >= 0.3 is 0 Å². The van der Waals surface area contributed by atoms with Crippen molar-refractivity contribution in [3.8, 4) is 5.75 Å². The summed E-state index contributed by atoms with van der Waals surface area (Å²) in [6.07, 6.45) is 7.03. The van der Waals surface area contributed by atoms with Crippen LogP contribution >= 0.6 is 11.6 Å². The van der Waals surface area contributed by atoms with E-state index in [1.807, 2.05) is 30.5 Å².